The van der Waals surface area contributed by atoms with Crippen LogP contribution in [-0.2, 0) is 14.8 Å². The number of hydrogen-bond acceptors (Lipinski definition) is 3. The number of carbonyl (C=O) groups is 1. The molecule has 2 N–H and O–H groups in total. The highest BCUT2D eigenvalue weighted by Gasteiger charge is 2.27. The molecule has 1 aromatic carbocycles. The first-order valence-electron chi connectivity index (χ1n) is 5.86. The first-order valence-corrected chi connectivity index (χ1v) is 7.34. The molecule has 0 aromatic heterocycles. The minimum Gasteiger partial charge on any atom is -0.355 e. The van der Waals surface area contributed by atoms with Crippen molar-refractivity contribution in [1.29, 1.82) is 0 Å². The van der Waals surface area contributed by atoms with Crippen molar-refractivity contribution in [2.75, 3.05) is 6.54 Å². The standard InChI is InChI=1S/C12H16N2O3S/c1-9-4-6-10(7-5-9)18(16,17)14-11-3-2-8-13-12(11)15/h4-7,11,14H,2-3,8H2,1H3,(H,13,15). The summed E-state index contributed by atoms with van der Waals surface area (Å²) in [5.74, 6) is -0.253. The highest BCUT2D eigenvalue weighted by molar-refractivity contribution is 7.89. The fourth-order valence-electron chi connectivity index (χ4n) is 1.86. The minimum absolute atomic E-state index is 0.187. The zero-order valence-corrected chi connectivity index (χ0v) is 11.0. The molecule has 1 heterocycles. The fraction of sp³-hybridized carbons (Fsp3) is 0.417. The molecular weight excluding hydrogens is 252 g/mol. The van der Waals surface area contributed by atoms with Crippen molar-refractivity contribution in [3.05, 3.63) is 29.8 Å². The van der Waals surface area contributed by atoms with Crippen LogP contribution in [0.5, 0.6) is 0 Å². The second-order valence-corrected chi connectivity index (χ2v) is 6.13. The Bertz CT molecular complexity index is 537. The van der Waals surface area contributed by atoms with E-state index in [0.29, 0.717) is 13.0 Å². The van der Waals surface area contributed by atoms with Gasteiger partial charge >= 0.3 is 0 Å². The van der Waals surface area contributed by atoms with E-state index < -0.39 is 16.1 Å². The van der Waals surface area contributed by atoms with Gasteiger partial charge in [0.05, 0.1) is 4.90 Å². The van der Waals surface area contributed by atoms with E-state index in [1.165, 1.54) is 0 Å². The zero-order valence-electron chi connectivity index (χ0n) is 10.1. The van der Waals surface area contributed by atoms with Crippen LogP contribution >= 0.6 is 0 Å². The molecule has 0 bridgehead atoms. The Kier molecular flexibility index (Phi) is 3.68. The Morgan fingerprint density at radius 3 is 2.56 bits per heavy atom. The van der Waals surface area contributed by atoms with E-state index in [1.807, 2.05) is 6.92 Å². The number of hydrogen-bond donors (Lipinski definition) is 2. The Labute approximate surface area is 107 Å². The topological polar surface area (TPSA) is 75.3 Å². The van der Waals surface area contributed by atoms with Crippen molar-refractivity contribution in [3.63, 3.8) is 0 Å². The van der Waals surface area contributed by atoms with Crippen molar-refractivity contribution in [2.24, 2.45) is 0 Å². The third-order valence-corrected chi connectivity index (χ3v) is 4.40. The Hall–Kier alpha value is -1.40. The van der Waals surface area contributed by atoms with Gasteiger partial charge in [-0.2, -0.15) is 4.72 Å². The van der Waals surface area contributed by atoms with Crippen LogP contribution in [0, 0.1) is 6.92 Å². The van der Waals surface area contributed by atoms with Gasteiger partial charge in [-0.25, -0.2) is 8.42 Å². The lowest BCUT2D eigenvalue weighted by molar-refractivity contribution is -0.124. The van der Waals surface area contributed by atoms with Gasteiger partial charge < -0.3 is 5.32 Å². The molecule has 6 heteroatoms. The molecule has 0 radical (unpaired) electrons. The average Bonchev–Trinajstić information content (AvgIpc) is 2.32. The van der Waals surface area contributed by atoms with Crippen LogP contribution in [0.2, 0.25) is 0 Å². The molecular formula is C12H16N2O3S. The van der Waals surface area contributed by atoms with Gasteiger partial charge in [0.15, 0.2) is 0 Å². The van der Waals surface area contributed by atoms with Crippen molar-refractivity contribution in [3.8, 4) is 0 Å². The number of piperidine rings is 1. The Balaban J connectivity index is 2.16. The second kappa shape index (κ2) is 5.07. The number of rotatable bonds is 3. The first-order chi connectivity index (χ1) is 8.49. The Morgan fingerprint density at radius 1 is 1.28 bits per heavy atom. The smallest absolute Gasteiger partial charge is 0.241 e. The molecule has 1 fully saturated rings. The average molecular weight is 268 g/mol. The number of aryl methyl sites for hydroxylation is 1. The van der Waals surface area contributed by atoms with E-state index in [4.69, 9.17) is 0 Å². The largest absolute Gasteiger partial charge is 0.355 e. The number of carbonyl (C=O) groups excluding carboxylic acids is 1. The lowest BCUT2D eigenvalue weighted by Gasteiger charge is -2.22. The van der Waals surface area contributed by atoms with Gasteiger partial charge in [0.1, 0.15) is 6.04 Å². The summed E-state index contributed by atoms with van der Waals surface area (Å²) in [5.41, 5.74) is 0.990. The van der Waals surface area contributed by atoms with Gasteiger partial charge in [-0.3, -0.25) is 4.79 Å². The molecule has 0 aliphatic carbocycles. The summed E-state index contributed by atoms with van der Waals surface area (Å²) < 4.78 is 26.6. The first kappa shape index (κ1) is 13.0. The number of amides is 1. The van der Waals surface area contributed by atoms with Crippen molar-refractivity contribution < 1.29 is 13.2 Å². The zero-order chi connectivity index (χ0) is 13.2. The van der Waals surface area contributed by atoms with Gasteiger partial charge in [-0.05, 0) is 31.9 Å². The van der Waals surface area contributed by atoms with Crippen LogP contribution in [0.3, 0.4) is 0 Å². The van der Waals surface area contributed by atoms with Gasteiger partial charge in [0.2, 0.25) is 15.9 Å². The highest BCUT2D eigenvalue weighted by Crippen LogP contribution is 2.12. The number of benzene rings is 1. The second-order valence-electron chi connectivity index (χ2n) is 4.42. The predicted molar refractivity (Wildman–Crippen MR) is 67.5 cm³/mol. The SMILES string of the molecule is Cc1ccc(S(=O)(=O)NC2CCCNC2=O)cc1. The van der Waals surface area contributed by atoms with E-state index >= 15 is 0 Å². The lowest BCUT2D eigenvalue weighted by atomic mass is 10.1. The summed E-state index contributed by atoms with van der Waals surface area (Å²) in [7, 11) is -3.62. The maximum Gasteiger partial charge on any atom is 0.241 e. The predicted octanol–water partition coefficient (Wildman–Crippen LogP) is 0.552. The highest BCUT2D eigenvalue weighted by atomic mass is 32.2. The molecule has 1 atom stereocenters. The van der Waals surface area contributed by atoms with Crippen LogP contribution in [0.15, 0.2) is 29.2 Å². The molecule has 1 aliphatic rings. The molecule has 18 heavy (non-hydrogen) atoms. The van der Waals surface area contributed by atoms with Crippen LogP contribution in [0.4, 0.5) is 0 Å². The molecule has 0 spiro atoms. The maximum atomic E-state index is 12.1. The molecule has 5 nitrogen and oxygen atoms in total. The number of sulfonamides is 1. The molecule has 1 saturated heterocycles. The maximum absolute atomic E-state index is 12.1. The molecule has 1 unspecified atom stereocenters. The summed E-state index contributed by atoms with van der Waals surface area (Å²) in [6.07, 6.45) is 1.32. The van der Waals surface area contributed by atoms with Gasteiger partial charge in [-0.1, -0.05) is 17.7 Å². The van der Waals surface area contributed by atoms with Crippen molar-refractivity contribution >= 4 is 15.9 Å². The Morgan fingerprint density at radius 2 is 1.94 bits per heavy atom. The molecule has 1 aliphatic heterocycles. The number of nitrogens with one attached hydrogen (secondary N) is 2. The normalized spacial score (nSPS) is 20.5. The van der Waals surface area contributed by atoms with E-state index in [9.17, 15) is 13.2 Å². The van der Waals surface area contributed by atoms with Crippen LogP contribution in [0.25, 0.3) is 0 Å². The summed E-state index contributed by atoms with van der Waals surface area (Å²) in [5, 5.41) is 2.65. The third-order valence-electron chi connectivity index (χ3n) is 2.91. The van der Waals surface area contributed by atoms with E-state index in [-0.39, 0.29) is 10.8 Å². The summed E-state index contributed by atoms with van der Waals surface area (Å²) in [6, 6.07) is 5.88. The van der Waals surface area contributed by atoms with Crippen LogP contribution in [-0.4, -0.2) is 26.9 Å². The van der Waals surface area contributed by atoms with E-state index in [1.54, 1.807) is 24.3 Å². The van der Waals surface area contributed by atoms with Crippen molar-refractivity contribution in [2.45, 2.75) is 30.7 Å². The molecule has 2 rings (SSSR count). The van der Waals surface area contributed by atoms with E-state index in [0.717, 1.165) is 12.0 Å². The molecule has 1 amide bonds. The molecule has 1 aromatic rings. The summed E-state index contributed by atoms with van der Waals surface area (Å²) in [4.78, 5) is 11.7. The van der Waals surface area contributed by atoms with Crippen LogP contribution in [0.1, 0.15) is 18.4 Å². The van der Waals surface area contributed by atoms with Gasteiger partial charge in [0, 0.05) is 6.54 Å². The monoisotopic (exact) mass is 268 g/mol. The van der Waals surface area contributed by atoms with Crippen LogP contribution < -0.4 is 10.0 Å². The lowest BCUT2D eigenvalue weighted by Crippen LogP contribution is -2.50. The van der Waals surface area contributed by atoms with Gasteiger partial charge in [-0.15, -0.1) is 0 Å². The summed E-state index contributed by atoms with van der Waals surface area (Å²) >= 11 is 0. The van der Waals surface area contributed by atoms with Gasteiger partial charge in [0.25, 0.3) is 0 Å². The van der Waals surface area contributed by atoms with E-state index in [2.05, 4.69) is 10.0 Å². The minimum atomic E-state index is -3.62. The summed E-state index contributed by atoms with van der Waals surface area (Å²) in [6.45, 7) is 2.50. The van der Waals surface area contributed by atoms with Crippen molar-refractivity contribution in [1.82, 2.24) is 10.0 Å². The third kappa shape index (κ3) is 2.88. The molecule has 98 valence electrons. The molecule has 0 saturated carbocycles. The fourth-order valence-corrected chi connectivity index (χ4v) is 3.09. The quantitative estimate of drug-likeness (QED) is 0.840.